The van der Waals surface area contributed by atoms with Gasteiger partial charge < -0.3 is 29.4 Å². The van der Waals surface area contributed by atoms with Crippen LogP contribution >= 0.6 is 0 Å². The zero-order valence-corrected chi connectivity index (χ0v) is 10.2. The van der Waals surface area contributed by atoms with Crippen LogP contribution in [0.15, 0.2) is 0 Å². The van der Waals surface area contributed by atoms with Gasteiger partial charge in [0.15, 0.2) is 6.29 Å². The van der Waals surface area contributed by atoms with E-state index in [9.17, 15) is 0 Å². The van der Waals surface area contributed by atoms with E-state index in [1.807, 2.05) is 0 Å². The Morgan fingerprint density at radius 2 is 1.62 bits per heavy atom. The second-order valence-electron chi connectivity index (χ2n) is 3.71. The summed E-state index contributed by atoms with van der Waals surface area (Å²) in [5, 5.41) is 0. The first-order chi connectivity index (χ1) is 7.69. The van der Waals surface area contributed by atoms with Crippen LogP contribution in [0.25, 0.3) is 0 Å². The van der Waals surface area contributed by atoms with Gasteiger partial charge >= 0.3 is 0 Å². The van der Waals surface area contributed by atoms with Crippen LogP contribution in [0.3, 0.4) is 0 Å². The molecule has 0 aliphatic carbocycles. The molecule has 6 nitrogen and oxygen atoms in total. The van der Waals surface area contributed by atoms with E-state index in [1.54, 1.807) is 28.4 Å². The van der Waals surface area contributed by atoms with Crippen LogP contribution in [-0.4, -0.2) is 65.7 Å². The standard InChI is InChI=1S/C10H21NO5/c1-12-5-6-8(13-2)9(14-3)7(11)10(15-4)16-6/h6-10H,5,11H2,1-4H3/t6?,7?,8-,9?,10-/m1/s1. The molecule has 0 saturated carbocycles. The van der Waals surface area contributed by atoms with Crippen LogP contribution in [0.2, 0.25) is 0 Å². The molecule has 96 valence electrons. The zero-order valence-electron chi connectivity index (χ0n) is 10.2. The number of rotatable bonds is 5. The van der Waals surface area contributed by atoms with Crippen LogP contribution in [0, 0.1) is 0 Å². The van der Waals surface area contributed by atoms with Gasteiger partial charge in [0.2, 0.25) is 0 Å². The first kappa shape index (κ1) is 13.8. The molecule has 0 aromatic heterocycles. The fraction of sp³-hybridized carbons (Fsp3) is 1.00. The fourth-order valence-corrected chi connectivity index (χ4v) is 2.01. The Hall–Kier alpha value is -0.240. The lowest BCUT2D eigenvalue weighted by Crippen LogP contribution is -2.63. The van der Waals surface area contributed by atoms with E-state index < -0.39 is 6.29 Å². The van der Waals surface area contributed by atoms with Gasteiger partial charge in [0.1, 0.15) is 18.3 Å². The van der Waals surface area contributed by atoms with E-state index in [1.165, 1.54) is 0 Å². The van der Waals surface area contributed by atoms with Gasteiger partial charge in [-0.15, -0.1) is 0 Å². The molecule has 1 aliphatic rings. The lowest BCUT2D eigenvalue weighted by Gasteiger charge is -2.43. The minimum Gasteiger partial charge on any atom is -0.382 e. The van der Waals surface area contributed by atoms with Gasteiger partial charge in [-0.1, -0.05) is 0 Å². The number of methoxy groups -OCH3 is 4. The van der Waals surface area contributed by atoms with E-state index in [2.05, 4.69) is 0 Å². The molecule has 16 heavy (non-hydrogen) atoms. The average molecular weight is 235 g/mol. The SMILES string of the molecule is COCC1O[C@@H](OC)C(N)C(OC)[C@@H]1OC. The summed E-state index contributed by atoms with van der Waals surface area (Å²) < 4.78 is 26.6. The van der Waals surface area contributed by atoms with Crippen LogP contribution in [-0.2, 0) is 23.7 Å². The Labute approximate surface area is 95.9 Å². The molecule has 1 rings (SSSR count). The highest BCUT2D eigenvalue weighted by Crippen LogP contribution is 2.24. The van der Waals surface area contributed by atoms with Crippen molar-refractivity contribution in [2.24, 2.45) is 5.73 Å². The van der Waals surface area contributed by atoms with Gasteiger partial charge in [-0.2, -0.15) is 0 Å². The third kappa shape index (κ3) is 2.71. The molecule has 3 unspecified atom stereocenters. The molecule has 1 fully saturated rings. The molecular formula is C10H21NO5. The summed E-state index contributed by atoms with van der Waals surface area (Å²) in [6.45, 7) is 0.408. The van der Waals surface area contributed by atoms with Crippen LogP contribution < -0.4 is 5.73 Å². The molecular weight excluding hydrogens is 214 g/mol. The molecule has 2 N–H and O–H groups in total. The van der Waals surface area contributed by atoms with Crippen molar-refractivity contribution in [1.29, 1.82) is 0 Å². The minimum atomic E-state index is -0.503. The Bertz CT molecular complexity index is 200. The topological polar surface area (TPSA) is 72.2 Å². The summed E-state index contributed by atoms with van der Waals surface area (Å²) in [4.78, 5) is 0. The van der Waals surface area contributed by atoms with Crippen molar-refractivity contribution in [3.05, 3.63) is 0 Å². The fourth-order valence-electron chi connectivity index (χ4n) is 2.01. The third-order valence-electron chi connectivity index (χ3n) is 2.80. The molecule has 1 heterocycles. The molecule has 0 aromatic carbocycles. The number of hydrogen-bond acceptors (Lipinski definition) is 6. The smallest absolute Gasteiger partial charge is 0.175 e. The molecule has 6 heteroatoms. The predicted octanol–water partition coefficient (Wildman–Crippen LogP) is -0.639. The normalized spacial score (nSPS) is 39.9. The van der Waals surface area contributed by atoms with E-state index in [-0.39, 0.29) is 24.4 Å². The second kappa shape index (κ2) is 6.48. The monoisotopic (exact) mass is 235 g/mol. The summed E-state index contributed by atoms with van der Waals surface area (Å²) in [6, 6.07) is -0.381. The third-order valence-corrected chi connectivity index (χ3v) is 2.80. The van der Waals surface area contributed by atoms with Crippen molar-refractivity contribution in [2.75, 3.05) is 35.0 Å². The molecule has 1 saturated heterocycles. The predicted molar refractivity (Wildman–Crippen MR) is 57.1 cm³/mol. The number of ether oxygens (including phenoxy) is 5. The van der Waals surface area contributed by atoms with Crippen LogP contribution in [0.5, 0.6) is 0 Å². The quantitative estimate of drug-likeness (QED) is 0.683. The summed E-state index contributed by atoms with van der Waals surface area (Å²) in [7, 11) is 6.35. The van der Waals surface area contributed by atoms with Crippen molar-refractivity contribution in [3.63, 3.8) is 0 Å². The zero-order chi connectivity index (χ0) is 12.1. The summed E-state index contributed by atoms with van der Waals surface area (Å²) in [6.07, 6.45) is -1.28. The largest absolute Gasteiger partial charge is 0.382 e. The second-order valence-corrected chi connectivity index (χ2v) is 3.71. The van der Waals surface area contributed by atoms with Crippen molar-refractivity contribution >= 4 is 0 Å². The van der Waals surface area contributed by atoms with Crippen molar-refractivity contribution in [1.82, 2.24) is 0 Å². The Morgan fingerprint density at radius 1 is 1.00 bits per heavy atom. The molecule has 1 aliphatic heterocycles. The van der Waals surface area contributed by atoms with Gasteiger partial charge in [-0.25, -0.2) is 0 Å². The maximum Gasteiger partial charge on any atom is 0.175 e. The van der Waals surface area contributed by atoms with Gasteiger partial charge in [0.05, 0.1) is 12.6 Å². The van der Waals surface area contributed by atoms with Crippen LogP contribution in [0.1, 0.15) is 0 Å². The molecule has 0 aromatic rings. The van der Waals surface area contributed by atoms with Gasteiger partial charge in [0, 0.05) is 28.4 Å². The lowest BCUT2D eigenvalue weighted by molar-refractivity contribution is -0.267. The Balaban J connectivity index is 2.77. The van der Waals surface area contributed by atoms with E-state index >= 15 is 0 Å². The van der Waals surface area contributed by atoms with Gasteiger partial charge in [0.25, 0.3) is 0 Å². The molecule has 0 spiro atoms. The van der Waals surface area contributed by atoms with E-state index in [0.717, 1.165) is 0 Å². The Morgan fingerprint density at radius 3 is 2.06 bits per heavy atom. The first-order valence-corrected chi connectivity index (χ1v) is 5.18. The van der Waals surface area contributed by atoms with Crippen molar-refractivity contribution < 1.29 is 23.7 Å². The lowest BCUT2D eigenvalue weighted by atomic mass is 9.97. The molecule has 0 amide bonds. The minimum absolute atomic E-state index is 0.246. The molecule has 0 radical (unpaired) electrons. The van der Waals surface area contributed by atoms with Gasteiger partial charge in [-0.3, -0.25) is 0 Å². The highest BCUT2D eigenvalue weighted by molar-refractivity contribution is 4.93. The van der Waals surface area contributed by atoms with Crippen molar-refractivity contribution in [2.45, 2.75) is 30.6 Å². The molecule has 0 bridgehead atoms. The van der Waals surface area contributed by atoms with Crippen molar-refractivity contribution in [3.8, 4) is 0 Å². The van der Waals surface area contributed by atoms with Gasteiger partial charge in [-0.05, 0) is 0 Å². The number of nitrogens with two attached hydrogens (primary N) is 1. The maximum absolute atomic E-state index is 5.97. The molecule has 5 atom stereocenters. The average Bonchev–Trinajstić information content (AvgIpc) is 2.30. The highest BCUT2D eigenvalue weighted by Gasteiger charge is 2.45. The van der Waals surface area contributed by atoms with E-state index in [4.69, 9.17) is 29.4 Å². The number of hydrogen-bond donors (Lipinski definition) is 1. The maximum atomic E-state index is 5.97. The Kier molecular flexibility index (Phi) is 5.60. The summed E-state index contributed by atoms with van der Waals surface area (Å²) >= 11 is 0. The van der Waals surface area contributed by atoms with Crippen LogP contribution in [0.4, 0.5) is 0 Å². The van der Waals surface area contributed by atoms with E-state index in [0.29, 0.717) is 6.61 Å². The highest BCUT2D eigenvalue weighted by atomic mass is 16.7. The summed E-state index contributed by atoms with van der Waals surface area (Å²) in [5.74, 6) is 0. The summed E-state index contributed by atoms with van der Waals surface area (Å²) in [5.41, 5.74) is 5.97. The first-order valence-electron chi connectivity index (χ1n) is 5.18.